The Hall–Kier alpha value is -4.45. The zero-order valence-corrected chi connectivity index (χ0v) is 21.4. The number of nitrogens with zero attached hydrogens (tertiary/aromatic N) is 4. The van der Waals surface area contributed by atoms with Crippen molar-refractivity contribution in [3.8, 4) is 11.1 Å². The van der Waals surface area contributed by atoms with Crippen LogP contribution in [-0.2, 0) is 23.4 Å². The molecule has 1 N–H and O–H groups in total. The number of rotatable bonds is 8. The fourth-order valence-corrected chi connectivity index (χ4v) is 5.69. The standard InChI is InChI=1S/C27H22F3N5O3S/c1-34-14-20(13-33-34)18-2-3-19(22(29)10-18)15-35-16-25(26-23(30)11-21(28)12-24(26)35)39(37,38)9-8-32-27(36)17-4-6-31-7-5-17/h2-7,10-14,16H,8-9,15H2,1H3,(H,32,36). The van der Waals surface area contributed by atoms with E-state index >= 15 is 4.39 Å². The number of halogens is 3. The van der Waals surface area contributed by atoms with Gasteiger partial charge in [-0.05, 0) is 29.8 Å². The monoisotopic (exact) mass is 553 g/mol. The molecule has 0 atom stereocenters. The van der Waals surface area contributed by atoms with Crippen LogP contribution in [0.2, 0.25) is 0 Å². The van der Waals surface area contributed by atoms with E-state index in [1.165, 1.54) is 47.4 Å². The molecule has 5 rings (SSSR count). The fourth-order valence-electron chi connectivity index (χ4n) is 4.30. The van der Waals surface area contributed by atoms with Crippen molar-refractivity contribution in [3.63, 3.8) is 0 Å². The second-order valence-corrected chi connectivity index (χ2v) is 11.0. The summed E-state index contributed by atoms with van der Waals surface area (Å²) in [5.41, 5.74) is 1.76. The van der Waals surface area contributed by atoms with Gasteiger partial charge in [0.1, 0.15) is 17.5 Å². The first-order valence-corrected chi connectivity index (χ1v) is 13.4. The lowest BCUT2D eigenvalue weighted by molar-refractivity contribution is 0.0956. The number of hydrogen-bond acceptors (Lipinski definition) is 5. The third kappa shape index (κ3) is 5.41. The second-order valence-electron chi connectivity index (χ2n) is 8.92. The number of sulfone groups is 1. The smallest absolute Gasteiger partial charge is 0.251 e. The summed E-state index contributed by atoms with van der Waals surface area (Å²) in [5.74, 6) is -3.56. The lowest BCUT2D eigenvalue weighted by Gasteiger charge is -2.08. The summed E-state index contributed by atoms with van der Waals surface area (Å²) in [6, 6.07) is 9.09. The second kappa shape index (κ2) is 10.4. The number of benzene rings is 2. The molecule has 3 aromatic heterocycles. The molecule has 0 fully saturated rings. The van der Waals surface area contributed by atoms with Crippen LogP contribution >= 0.6 is 0 Å². The average Bonchev–Trinajstić information content (AvgIpc) is 3.50. The van der Waals surface area contributed by atoms with Crippen molar-refractivity contribution in [1.29, 1.82) is 0 Å². The van der Waals surface area contributed by atoms with Crippen LogP contribution in [0.5, 0.6) is 0 Å². The Labute approximate surface area is 221 Å². The molecule has 0 saturated carbocycles. The Balaban J connectivity index is 1.44. The number of aryl methyl sites for hydroxylation is 1. The van der Waals surface area contributed by atoms with Gasteiger partial charge in [0, 0.05) is 61.1 Å². The molecule has 2 aromatic carbocycles. The van der Waals surface area contributed by atoms with E-state index in [2.05, 4.69) is 15.4 Å². The van der Waals surface area contributed by atoms with Crippen molar-refractivity contribution >= 4 is 26.6 Å². The van der Waals surface area contributed by atoms with E-state index in [0.717, 1.165) is 6.07 Å². The van der Waals surface area contributed by atoms with Crippen LogP contribution in [0.15, 0.2) is 78.3 Å². The summed E-state index contributed by atoms with van der Waals surface area (Å²) < 4.78 is 73.5. The molecule has 0 spiro atoms. The summed E-state index contributed by atoms with van der Waals surface area (Å²) in [4.78, 5) is 15.7. The van der Waals surface area contributed by atoms with E-state index in [4.69, 9.17) is 0 Å². The Morgan fingerprint density at radius 2 is 1.74 bits per heavy atom. The summed E-state index contributed by atoms with van der Waals surface area (Å²) in [6.07, 6.45) is 7.35. The minimum atomic E-state index is -4.14. The van der Waals surface area contributed by atoms with Gasteiger partial charge in [0.15, 0.2) is 9.84 Å². The van der Waals surface area contributed by atoms with E-state index in [1.807, 2.05) is 0 Å². The molecule has 5 aromatic rings. The number of nitrogens with one attached hydrogen (secondary N) is 1. The number of pyridine rings is 1. The SMILES string of the molecule is Cn1cc(-c2ccc(Cn3cc(S(=O)(=O)CCNC(=O)c4ccncc4)c4c(F)cc(F)cc43)c(F)c2)cn1. The Morgan fingerprint density at radius 3 is 2.44 bits per heavy atom. The molecule has 8 nitrogen and oxygen atoms in total. The van der Waals surface area contributed by atoms with Crippen molar-refractivity contribution in [3.05, 3.63) is 102 Å². The van der Waals surface area contributed by atoms with Crippen LogP contribution in [0.25, 0.3) is 22.0 Å². The molecule has 39 heavy (non-hydrogen) atoms. The molecule has 0 aliphatic carbocycles. The van der Waals surface area contributed by atoms with Gasteiger partial charge in [0.2, 0.25) is 0 Å². The molecular formula is C27H22F3N5O3S. The maximum atomic E-state index is 15.1. The van der Waals surface area contributed by atoms with E-state index in [-0.39, 0.29) is 34.5 Å². The highest BCUT2D eigenvalue weighted by Crippen LogP contribution is 2.31. The largest absolute Gasteiger partial charge is 0.351 e. The quantitative estimate of drug-likeness (QED) is 0.312. The molecule has 12 heteroatoms. The first kappa shape index (κ1) is 26.2. The van der Waals surface area contributed by atoms with Gasteiger partial charge in [-0.15, -0.1) is 0 Å². The summed E-state index contributed by atoms with van der Waals surface area (Å²) >= 11 is 0. The van der Waals surface area contributed by atoms with Gasteiger partial charge in [-0.25, -0.2) is 21.6 Å². The third-order valence-corrected chi connectivity index (χ3v) is 7.95. The maximum absolute atomic E-state index is 15.1. The minimum Gasteiger partial charge on any atom is -0.351 e. The van der Waals surface area contributed by atoms with Crippen molar-refractivity contribution in [2.45, 2.75) is 11.4 Å². The summed E-state index contributed by atoms with van der Waals surface area (Å²) in [5, 5.41) is 6.28. The predicted molar refractivity (Wildman–Crippen MR) is 138 cm³/mol. The molecule has 0 aliphatic rings. The third-order valence-electron chi connectivity index (χ3n) is 6.23. The molecule has 0 unspecified atom stereocenters. The molecule has 0 aliphatic heterocycles. The fraction of sp³-hybridized carbons (Fsp3) is 0.148. The summed E-state index contributed by atoms with van der Waals surface area (Å²) in [7, 11) is -2.40. The number of aromatic nitrogens is 4. The van der Waals surface area contributed by atoms with Crippen LogP contribution in [0.3, 0.4) is 0 Å². The van der Waals surface area contributed by atoms with E-state index < -0.39 is 38.9 Å². The highest BCUT2D eigenvalue weighted by molar-refractivity contribution is 7.91. The van der Waals surface area contributed by atoms with Crippen molar-refractivity contribution in [2.75, 3.05) is 12.3 Å². The van der Waals surface area contributed by atoms with Crippen molar-refractivity contribution in [2.24, 2.45) is 7.05 Å². The van der Waals surface area contributed by atoms with Gasteiger partial charge in [0.25, 0.3) is 5.91 Å². The average molecular weight is 554 g/mol. The first-order valence-electron chi connectivity index (χ1n) is 11.8. The predicted octanol–water partition coefficient (Wildman–Crippen LogP) is 4.11. The number of carbonyl (C=O) groups is 1. The first-order chi connectivity index (χ1) is 18.6. The molecule has 0 saturated heterocycles. The molecule has 3 heterocycles. The lowest BCUT2D eigenvalue weighted by Crippen LogP contribution is -2.29. The number of amides is 1. The van der Waals surface area contributed by atoms with Crippen molar-refractivity contribution in [1.82, 2.24) is 24.6 Å². The minimum absolute atomic E-state index is 0.0392. The van der Waals surface area contributed by atoms with Crippen LogP contribution in [0.1, 0.15) is 15.9 Å². The molecule has 200 valence electrons. The van der Waals surface area contributed by atoms with Crippen LogP contribution in [0, 0.1) is 17.5 Å². The Kier molecular flexibility index (Phi) is 6.96. The number of fused-ring (bicyclic) bond motifs is 1. The zero-order chi connectivity index (χ0) is 27.7. The van der Waals surface area contributed by atoms with Gasteiger partial charge < -0.3 is 9.88 Å². The maximum Gasteiger partial charge on any atom is 0.251 e. The van der Waals surface area contributed by atoms with E-state index in [0.29, 0.717) is 22.8 Å². The molecule has 1 amide bonds. The van der Waals surface area contributed by atoms with Crippen molar-refractivity contribution < 1.29 is 26.4 Å². The Morgan fingerprint density at radius 1 is 0.974 bits per heavy atom. The van der Waals surface area contributed by atoms with E-state index in [1.54, 1.807) is 30.2 Å². The normalized spacial score (nSPS) is 11.7. The van der Waals surface area contributed by atoms with Gasteiger partial charge in [-0.2, -0.15) is 5.10 Å². The van der Waals surface area contributed by atoms with Gasteiger partial charge in [-0.3, -0.25) is 14.5 Å². The number of carbonyl (C=O) groups excluding carboxylic acids is 1. The molecular weight excluding hydrogens is 531 g/mol. The van der Waals surface area contributed by atoms with Gasteiger partial charge in [0.05, 0.1) is 34.3 Å². The lowest BCUT2D eigenvalue weighted by atomic mass is 10.1. The Bertz CT molecular complexity index is 1800. The van der Waals surface area contributed by atoms with Gasteiger partial charge >= 0.3 is 0 Å². The van der Waals surface area contributed by atoms with E-state index in [9.17, 15) is 22.0 Å². The van der Waals surface area contributed by atoms with Crippen LogP contribution in [-0.4, -0.2) is 46.0 Å². The molecule has 0 radical (unpaired) electrons. The highest BCUT2D eigenvalue weighted by atomic mass is 32.2. The molecule has 0 bridgehead atoms. The topological polar surface area (TPSA) is 98.9 Å². The number of hydrogen-bond donors (Lipinski definition) is 1. The zero-order valence-electron chi connectivity index (χ0n) is 20.6. The van der Waals surface area contributed by atoms with Crippen LogP contribution < -0.4 is 5.32 Å². The summed E-state index contributed by atoms with van der Waals surface area (Å²) in [6.45, 7) is -0.420. The van der Waals surface area contributed by atoms with Gasteiger partial charge in [-0.1, -0.05) is 12.1 Å². The van der Waals surface area contributed by atoms with Crippen LogP contribution in [0.4, 0.5) is 13.2 Å². The highest BCUT2D eigenvalue weighted by Gasteiger charge is 2.25.